The number of nitrogens with two attached hydrogens (primary N) is 2. The predicted octanol–water partition coefficient (Wildman–Crippen LogP) is 0.150. The summed E-state index contributed by atoms with van der Waals surface area (Å²) in [5.41, 5.74) is 10.5. The third-order valence-electron chi connectivity index (χ3n) is 2.86. The summed E-state index contributed by atoms with van der Waals surface area (Å²) in [6.07, 6.45) is 4.60. The molecule has 6 nitrogen and oxygen atoms in total. The molecule has 0 spiro atoms. The van der Waals surface area contributed by atoms with Crippen LogP contribution in [0.5, 0.6) is 0 Å². The Morgan fingerprint density at radius 1 is 1.26 bits per heavy atom. The van der Waals surface area contributed by atoms with Gasteiger partial charge in [-0.05, 0) is 25.3 Å². The van der Waals surface area contributed by atoms with Gasteiger partial charge < -0.3 is 21.5 Å². The maximum Gasteiger partial charge on any atom is 0.243 e. The summed E-state index contributed by atoms with van der Waals surface area (Å²) in [5, 5.41) is 2.75. The molecule has 0 aromatic carbocycles. The molecule has 0 aliphatic heterocycles. The zero-order chi connectivity index (χ0) is 14.5. The normalized spacial score (nSPS) is 12.1. The van der Waals surface area contributed by atoms with Crippen LogP contribution in [0.15, 0.2) is 0 Å². The van der Waals surface area contributed by atoms with Gasteiger partial charge >= 0.3 is 0 Å². The minimum absolute atomic E-state index is 0.0146. The van der Waals surface area contributed by atoms with E-state index in [1.807, 2.05) is 0 Å². The van der Waals surface area contributed by atoms with Gasteiger partial charge in [0.25, 0.3) is 0 Å². The SMILES string of the molecule is CCCC(CCN)CCC(=O)NCCOCC(N)=O. The summed E-state index contributed by atoms with van der Waals surface area (Å²) in [6, 6.07) is 0. The van der Waals surface area contributed by atoms with Crippen LogP contribution in [0.4, 0.5) is 0 Å². The number of nitrogens with one attached hydrogen (secondary N) is 1. The molecular formula is C13H27N3O3. The van der Waals surface area contributed by atoms with Crippen LogP contribution in [0.3, 0.4) is 0 Å². The van der Waals surface area contributed by atoms with Crippen molar-refractivity contribution in [3.8, 4) is 0 Å². The van der Waals surface area contributed by atoms with E-state index >= 15 is 0 Å². The van der Waals surface area contributed by atoms with Crippen molar-refractivity contribution in [1.29, 1.82) is 0 Å². The molecule has 0 aliphatic rings. The van der Waals surface area contributed by atoms with E-state index in [4.69, 9.17) is 16.2 Å². The van der Waals surface area contributed by atoms with E-state index in [0.29, 0.717) is 32.0 Å². The molecule has 0 fully saturated rings. The molecule has 0 aliphatic carbocycles. The van der Waals surface area contributed by atoms with E-state index in [-0.39, 0.29) is 12.5 Å². The number of rotatable bonds is 12. The van der Waals surface area contributed by atoms with Crippen molar-refractivity contribution < 1.29 is 14.3 Å². The van der Waals surface area contributed by atoms with Crippen molar-refractivity contribution >= 4 is 11.8 Å². The van der Waals surface area contributed by atoms with Crippen LogP contribution in [0, 0.1) is 5.92 Å². The molecule has 0 rings (SSSR count). The predicted molar refractivity (Wildman–Crippen MR) is 74.3 cm³/mol. The van der Waals surface area contributed by atoms with E-state index in [9.17, 15) is 9.59 Å². The maximum absolute atomic E-state index is 11.6. The Labute approximate surface area is 115 Å². The first kappa shape index (κ1) is 17.9. The van der Waals surface area contributed by atoms with Crippen LogP contribution in [0.1, 0.15) is 39.0 Å². The van der Waals surface area contributed by atoms with Crippen LogP contribution in [-0.4, -0.2) is 38.1 Å². The van der Waals surface area contributed by atoms with Gasteiger partial charge in [0.15, 0.2) is 0 Å². The Balaban J connectivity index is 3.58. The van der Waals surface area contributed by atoms with Gasteiger partial charge in [-0.3, -0.25) is 9.59 Å². The Kier molecular flexibility index (Phi) is 11.2. The molecule has 0 radical (unpaired) electrons. The number of hydrogen-bond donors (Lipinski definition) is 3. The number of ether oxygens (including phenoxy) is 1. The largest absolute Gasteiger partial charge is 0.370 e. The van der Waals surface area contributed by atoms with Crippen molar-refractivity contribution in [2.45, 2.75) is 39.0 Å². The zero-order valence-electron chi connectivity index (χ0n) is 11.8. The monoisotopic (exact) mass is 273 g/mol. The minimum Gasteiger partial charge on any atom is -0.370 e. The maximum atomic E-state index is 11.6. The second-order valence-electron chi connectivity index (χ2n) is 4.64. The second kappa shape index (κ2) is 11.9. The lowest BCUT2D eigenvalue weighted by atomic mass is 9.94. The fourth-order valence-corrected chi connectivity index (χ4v) is 1.94. The molecule has 6 heteroatoms. The minimum atomic E-state index is -0.504. The molecule has 2 amide bonds. The van der Waals surface area contributed by atoms with Gasteiger partial charge in [-0.1, -0.05) is 19.8 Å². The van der Waals surface area contributed by atoms with Crippen LogP contribution in [-0.2, 0) is 14.3 Å². The van der Waals surface area contributed by atoms with Gasteiger partial charge in [0.05, 0.1) is 6.61 Å². The van der Waals surface area contributed by atoms with Crippen molar-refractivity contribution in [2.75, 3.05) is 26.3 Å². The molecule has 1 atom stereocenters. The van der Waals surface area contributed by atoms with E-state index in [2.05, 4.69) is 12.2 Å². The van der Waals surface area contributed by atoms with Crippen LogP contribution >= 0.6 is 0 Å². The first-order valence-electron chi connectivity index (χ1n) is 6.93. The Morgan fingerprint density at radius 3 is 2.58 bits per heavy atom. The van der Waals surface area contributed by atoms with Gasteiger partial charge in [0.2, 0.25) is 11.8 Å². The van der Waals surface area contributed by atoms with Crippen LogP contribution in [0.25, 0.3) is 0 Å². The summed E-state index contributed by atoms with van der Waals surface area (Å²) in [7, 11) is 0. The lowest BCUT2D eigenvalue weighted by Crippen LogP contribution is -2.29. The topological polar surface area (TPSA) is 107 Å². The Morgan fingerprint density at radius 2 is 2.00 bits per heavy atom. The molecule has 0 aromatic rings. The Hall–Kier alpha value is -1.14. The standard InChI is InChI=1S/C13H27N3O3/c1-2-3-11(6-7-14)4-5-13(18)16-8-9-19-10-12(15)17/h11H,2-10,14H2,1H3,(H2,15,17)(H,16,18). The lowest BCUT2D eigenvalue weighted by molar-refractivity contribution is -0.122. The number of carbonyl (C=O) groups is 2. The van der Waals surface area contributed by atoms with E-state index in [1.54, 1.807) is 0 Å². The molecule has 5 N–H and O–H groups in total. The van der Waals surface area contributed by atoms with Gasteiger partial charge in [-0.15, -0.1) is 0 Å². The summed E-state index contributed by atoms with van der Waals surface area (Å²) in [4.78, 5) is 22.0. The Bertz CT molecular complexity index is 254. The van der Waals surface area contributed by atoms with Gasteiger partial charge in [-0.25, -0.2) is 0 Å². The van der Waals surface area contributed by atoms with E-state index in [0.717, 1.165) is 25.7 Å². The van der Waals surface area contributed by atoms with E-state index < -0.39 is 5.91 Å². The fourth-order valence-electron chi connectivity index (χ4n) is 1.94. The molecule has 112 valence electrons. The van der Waals surface area contributed by atoms with Gasteiger partial charge in [0.1, 0.15) is 6.61 Å². The molecule has 0 aromatic heterocycles. The number of amides is 2. The molecule has 0 saturated carbocycles. The summed E-state index contributed by atoms with van der Waals surface area (Å²) >= 11 is 0. The summed E-state index contributed by atoms with van der Waals surface area (Å²) < 4.78 is 4.94. The van der Waals surface area contributed by atoms with Crippen molar-refractivity contribution in [2.24, 2.45) is 17.4 Å². The first-order valence-corrected chi connectivity index (χ1v) is 6.93. The molecular weight excluding hydrogens is 246 g/mol. The van der Waals surface area contributed by atoms with Crippen molar-refractivity contribution in [3.05, 3.63) is 0 Å². The number of primary amides is 1. The summed E-state index contributed by atoms with van der Waals surface area (Å²) in [6.45, 7) is 3.41. The quantitative estimate of drug-likeness (QED) is 0.440. The average Bonchev–Trinajstić information content (AvgIpc) is 2.35. The smallest absolute Gasteiger partial charge is 0.243 e. The zero-order valence-corrected chi connectivity index (χ0v) is 11.8. The number of hydrogen-bond acceptors (Lipinski definition) is 4. The first-order chi connectivity index (χ1) is 9.10. The second-order valence-corrected chi connectivity index (χ2v) is 4.64. The molecule has 0 saturated heterocycles. The molecule has 0 heterocycles. The van der Waals surface area contributed by atoms with Crippen molar-refractivity contribution in [1.82, 2.24) is 5.32 Å². The average molecular weight is 273 g/mol. The third kappa shape index (κ3) is 11.7. The number of carbonyl (C=O) groups excluding carboxylic acids is 2. The molecule has 0 bridgehead atoms. The highest BCUT2D eigenvalue weighted by molar-refractivity contribution is 5.76. The summed E-state index contributed by atoms with van der Waals surface area (Å²) in [5.74, 6) is 0.0446. The van der Waals surface area contributed by atoms with Crippen LogP contribution in [0.2, 0.25) is 0 Å². The highest BCUT2D eigenvalue weighted by Gasteiger charge is 2.09. The molecule has 1 unspecified atom stereocenters. The fraction of sp³-hybridized carbons (Fsp3) is 0.846. The van der Waals surface area contributed by atoms with Crippen LogP contribution < -0.4 is 16.8 Å². The molecule has 19 heavy (non-hydrogen) atoms. The highest BCUT2D eigenvalue weighted by Crippen LogP contribution is 2.16. The van der Waals surface area contributed by atoms with Crippen molar-refractivity contribution in [3.63, 3.8) is 0 Å². The lowest BCUT2D eigenvalue weighted by Gasteiger charge is -2.14. The van der Waals surface area contributed by atoms with E-state index in [1.165, 1.54) is 0 Å². The van der Waals surface area contributed by atoms with Gasteiger partial charge in [0, 0.05) is 13.0 Å². The third-order valence-corrected chi connectivity index (χ3v) is 2.86. The highest BCUT2D eigenvalue weighted by atomic mass is 16.5. The van der Waals surface area contributed by atoms with Gasteiger partial charge in [-0.2, -0.15) is 0 Å².